The SMILES string of the molecule is NC(=NC[C@H]1CCCO1)Nc1cccc(OC(F)(F)F)c1. The normalized spacial score (nSPS) is 19.6. The van der Waals surface area contributed by atoms with Crippen LogP contribution >= 0.6 is 0 Å². The van der Waals surface area contributed by atoms with Gasteiger partial charge in [-0.3, -0.25) is 4.99 Å². The van der Waals surface area contributed by atoms with Gasteiger partial charge < -0.3 is 20.5 Å². The maximum atomic E-state index is 12.1. The summed E-state index contributed by atoms with van der Waals surface area (Å²) in [4.78, 5) is 4.10. The van der Waals surface area contributed by atoms with Crippen LogP contribution in [-0.2, 0) is 4.74 Å². The summed E-state index contributed by atoms with van der Waals surface area (Å²) in [6, 6.07) is 5.40. The molecule has 1 saturated heterocycles. The highest BCUT2D eigenvalue weighted by molar-refractivity contribution is 5.92. The lowest BCUT2D eigenvalue weighted by Gasteiger charge is -2.11. The molecule has 2 rings (SSSR count). The predicted molar refractivity (Wildman–Crippen MR) is 72.2 cm³/mol. The second kappa shape index (κ2) is 6.66. The van der Waals surface area contributed by atoms with E-state index in [4.69, 9.17) is 10.5 Å². The van der Waals surface area contributed by atoms with E-state index >= 15 is 0 Å². The molecular weight excluding hydrogens is 287 g/mol. The Bertz CT molecular complexity index is 500. The maximum absolute atomic E-state index is 12.1. The number of rotatable bonds is 4. The zero-order valence-electron chi connectivity index (χ0n) is 11.2. The number of hydrogen-bond donors (Lipinski definition) is 2. The van der Waals surface area contributed by atoms with E-state index in [9.17, 15) is 13.2 Å². The van der Waals surface area contributed by atoms with Crippen LogP contribution in [0.2, 0.25) is 0 Å². The standard InChI is InChI=1S/C13H16F3N3O2/c14-13(15,16)21-10-4-1-3-9(7-10)19-12(17)18-8-11-5-2-6-20-11/h1,3-4,7,11H,2,5-6,8H2,(H3,17,18,19)/t11-/m1/s1. The Morgan fingerprint density at radius 3 is 2.95 bits per heavy atom. The van der Waals surface area contributed by atoms with Crippen molar-refractivity contribution in [2.24, 2.45) is 10.7 Å². The van der Waals surface area contributed by atoms with Gasteiger partial charge in [0, 0.05) is 18.4 Å². The molecule has 1 heterocycles. The average molecular weight is 303 g/mol. The van der Waals surface area contributed by atoms with Crippen molar-refractivity contribution in [2.75, 3.05) is 18.5 Å². The second-order valence-corrected chi connectivity index (χ2v) is 4.56. The third-order valence-corrected chi connectivity index (χ3v) is 2.83. The average Bonchev–Trinajstić information content (AvgIpc) is 2.87. The smallest absolute Gasteiger partial charge is 0.406 e. The molecule has 0 aromatic heterocycles. The van der Waals surface area contributed by atoms with Crippen molar-refractivity contribution in [1.82, 2.24) is 0 Å². The highest BCUT2D eigenvalue weighted by atomic mass is 19.4. The van der Waals surface area contributed by atoms with Crippen LogP contribution in [0, 0.1) is 0 Å². The van der Waals surface area contributed by atoms with Crippen LogP contribution in [0.15, 0.2) is 29.3 Å². The molecule has 8 heteroatoms. The number of guanidine groups is 1. The molecule has 116 valence electrons. The molecule has 0 amide bonds. The van der Waals surface area contributed by atoms with Crippen molar-refractivity contribution in [2.45, 2.75) is 25.3 Å². The van der Waals surface area contributed by atoms with Crippen molar-refractivity contribution in [3.8, 4) is 5.75 Å². The van der Waals surface area contributed by atoms with E-state index in [1.54, 1.807) is 6.07 Å². The fraction of sp³-hybridized carbons (Fsp3) is 0.462. The summed E-state index contributed by atoms with van der Waals surface area (Å²) in [5, 5.41) is 2.72. The topological polar surface area (TPSA) is 68.9 Å². The minimum absolute atomic E-state index is 0.0604. The van der Waals surface area contributed by atoms with Gasteiger partial charge in [0.25, 0.3) is 0 Å². The molecule has 1 aliphatic rings. The Morgan fingerprint density at radius 1 is 1.48 bits per heavy atom. The van der Waals surface area contributed by atoms with Gasteiger partial charge in [0.2, 0.25) is 0 Å². The molecule has 0 radical (unpaired) electrons. The Morgan fingerprint density at radius 2 is 2.29 bits per heavy atom. The van der Waals surface area contributed by atoms with Crippen molar-refractivity contribution >= 4 is 11.6 Å². The highest BCUT2D eigenvalue weighted by Crippen LogP contribution is 2.24. The van der Waals surface area contributed by atoms with Crippen molar-refractivity contribution in [3.63, 3.8) is 0 Å². The van der Waals surface area contributed by atoms with Crippen LogP contribution in [0.1, 0.15) is 12.8 Å². The van der Waals surface area contributed by atoms with Crippen LogP contribution in [0.25, 0.3) is 0 Å². The maximum Gasteiger partial charge on any atom is 0.573 e. The first-order valence-corrected chi connectivity index (χ1v) is 6.47. The predicted octanol–water partition coefficient (Wildman–Crippen LogP) is 2.49. The van der Waals surface area contributed by atoms with Gasteiger partial charge in [0.15, 0.2) is 5.96 Å². The molecule has 1 aromatic rings. The van der Waals surface area contributed by atoms with Gasteiger partial charge in [-0.1, -0.05) is 6.07 Å². The van der Waals surface area contributed by atoms with Gasteiger partial charge in [-0.15, -0.1) is 13.2 Å². The first kappa shape index (κ1) is 15.4. The van der Waals surface area contributed by atoms with Crippen LogP contribution < -0.4 is 15.8 Å². The van der Waals surface area contributed by atoms with Crippen molar-refractivity contribution < 1.29 is 22.6 Å². The molecule has 0 spiro atoms. The number of anilines is 1. The lowest BCUT2D eigenvalue weighted by Crippen LogP contribution is -2.24. The highest BCUT2D eigenvalue weighted by Gasteiger charge is 2.31. The third kappa shape index (κ3) is 5.50. The molecular formula is C13H16F3N3O2. The molecule has 3 N–H and O–H groups in total. The first-order chi connectivity index (χ1) is 9.92. The largest absolute Gasteiger partial charge is 0.573 e. The zero-order valence-corrected chi connectivity index (χ0v) is 11.2. The van der Waals surface area contributed by atoms with Crippen LogP contribution in [0.3, 0.4) is 0 Å². The molecule has 0 aliphatic carbocycles. The number of alkyl halides is 3. The number of aliphatic imine (C=N–C) groups is 1. The molecule has 0 unspecified atom stereocenters. The fourth-order valence-electron chi connectivity index (χ4n) is 1.95. The summed E-state index contributed by atoms with van der Waals surface area (Å²) < 4.78 is 45.6. The third-order valence-electron chi connectivity index (χ3n) is 2.83. The molecule has 1 aromatic carbocycles. The van der Waals surface area contributed by atoms with E-state index in [1.165, 1.54) is 18.2 Å². The first-order valence-electron chi connectivity index (χ1n) is 6.47. The monoisotopic (exact) mass is 303 g/mol. The number of nitrogens with one attached hydrogen (secondary N) is 1. The van der Waals surface area contributed by atoms with E-state index in [0.717, 1.165) is 19.4 Å². The summed E-state index contributed by atoms with van der Waals surface area (Å²) in [6.45, 7) is 1.15. The van der Waals surface area contributed by atoms with Crippen LogP contribution in [-0.4, -0.2) is 31.6 Å². The Hall–Kier alpha value is -1.96. The van der Waals surface area contributed by atoms with Crippen molar-refractivity contribution in [3.05, 3.63) is 24.3 Å². The van der Waals surface area contributed by atoms with E-state index in [2.05, 4.69) is 15.0 Å². The van der Waals surface area contributed by atoms with Gasteiger partial charge >= 0.3 is 6.36 Å². The van der Waals surface area contributed by atoms with Crippen molar-refractivity contribution in [1.29, 1.82) is 0 Å². The van der Waals surface area contributed by atoms with Crippen LogP contribution in [0.5, 0.6) is 5.75 Å². The second-order valence-electron chi connectivity index (χ2n) is 4.56. The number of nitrogens with two attached hydrogens (primary N) is 1. The Balaban J connectivity index is 1.92. The lowest BCUT2D eigenvalue weighted by atomic mass is 10.2. The quantitative estimate of drug-likeness (QED) is 0.662. The molecule has 5 nitrogen and oxygen atoms in total. The number of ether oxygens (including phenoxy) is 2. The zero-order chi connectivity index (χ0) is 15.3. The van der Waals surface area contributed by atoms with E-state index < -0.39 is 6.36 Å². The lowest BCUT2D eigenvalue weighted by molar-refractivity contribution is -0.274. The molecule has 0 saturated carbocycles. The molecule has 0 bridgehead atoms. The number of hydrogen-bond acceptors (Lipinski definition) is 3. The minimum Gasteiger partial charge on any atom is -0.406 e. The van der Waals surface area contributed by atoms with E-state index in [1.807, 2.05) is 0 Å². The Labute approximate surface area is 119 Å². The molecule has 1 fully saturated rings. The van der Waals surface area contributed by atoms with Gasteiger partial charge in [0.1, 0.15) is 5.75 Å². The molecule has 1 aliphatic heterocycles. The number of halogens is 3. The fourth-order valence-corrected chi connectivity index (χ4v) is 1.95. The van der Waals surface area contributed by atoms with Gasteiger partial charge in [-0.25, -0.2) is 0 Å². The summed E-state index contributed by atoms with van der Waals surface area (Å²) in [5.74, 6) is -0.200. The summed E-state index contributed by atoms with van der Waals surface area (Å²) >= 11 is 0. The summed E-state index contributed by atoms with van der Waals surface area (Å²) in [5.41, 5.74) is 6.05. The molecule has 21 heavy (non-hydrogen) atoms. The van der Waals surface area contributed by atoms with Gasteiger partial charge in [-0.2, -0.15) is 0 Å². The summed E-state index contributed by atoms with van der Waals surface area (Å²) in [6.07, 6.45) is -2.72. The molecule has 1 atom stereocenters. The van der Waals surface area contributed by atoms with Gasteiger partial charge in [0.05, 0.1) is 12.6 Å². The minimum atomic E-state index is -4.72. The van der Waals surface area contributed by atoms with E-state index in [0.29, 0.717) is 12.2 Å². The number of benzene rings is 1. The van der Waals surface area contributed by atoms with Crippen LogP contribution in [0.4, 0.5) is 18.9 Å². The number of nitrogens with zero attached hydrogens (tertiary/aromatic N) is 1. The summed E-state index contributed by atoms with van der Waals surface area (Å²) in [7, 11) is 0. The van der Waals surface area contributed by atoms with Gasteiger partial charge in [-0.05, 0) is 25.0 Å². The van der Waals surface area contributed by atoms with E-state index in [-0.39, 0.29) is 17.8 Å². The Kier molecular flexibility index (Phi) is 4.89.